The quantitative estimate of drug-likeness (QED) is 0.865. The van der Waals surface area contributed by atoms with Crippen molar-refractivity contribution in [3.63, 3.8) is 0 Å². The minimum atomic E-state index is -0.661. The molecule has 0 radical (unpaired) electrons. The number of nitrogens with one attached hydrogen (secondary N) is 1. The summed E-state index contributed by atoms with van der Waals surface area (Å²) >= 11 is 0. The average molecular weight is 343 g/mol. The zero-order chi connectivity index (χ0) is 18.2. The minimum absolute atomic E-state index is 0.0591. The van der Waals surface area contributed by atoms with Crippen molar-refractivity contribution in [1.29, 1.82) is 0 Å². The molecule has 0 saturated carbocycles. The molecule has 1 N–H and O–H groups in total. The van der Waals surface area contributed by atoms with Gasteiger partial charge in [-0.1, -0.05) is 6.07 Å². The number of hydrogen-bond acceptors (Lipinski definition) is 5. The molecule has 0 unspecified atom stereocenters. The summed E-state index contributed by atoms with van der Waals surface area (Å²) in [5.41, 5.74) is -0.244. The topological polar surface area (TPSA) is 73.3 Å². The van der Waals surface area contributed by atoms with E-state index in [0.29, 0.717) is 5.46 Å². The normalized spacial score (nSPS) is 18.2. The Morgan fingerprint density at radius 1 is 1.16 bits per heavy atom. The van der Waals surface area contributed by atoms with E-state index in [-0.39, 0.29) is 11.4 Å². The van der Waals surface area contributed by atoms with E-state index in [0.717, 1.165) is 0 Å². The van der Waals surface area contributed by atoms with E-state index in [1.54, 1.807) is 6.07 Å². The number of benzene rings is 1. The molecule has 1 aromatic heterocycles. The maximum Gasteiger partial charge on any atom is 0.494 e. The van der Waals surface area contributed by atoms with Crippen molar-refractivity contribution in [2.24, 2.45) is 0 Å². The van der Waals surface area contributed by atoms with Crippen LogP contribution in [-0.2, 0) is 9.31 Å². The molecule has 1 amide bonds. The predicted molar refractivity (Wildman–Crippen MR) is 92.1 cm³/mol. The number of anilines is 1. The van der Waals surface area contributed by atoms with Crippen LogP contribution in [0.2, 0.25) is 0 Å². The molecule has 130 valence electrons. The summed E-state index contributed by atoms with van der Waals surface area (Å²) < 4.78 is 26.2. The molecule has 0 atom stereocenters. The van der Waals surface area contributed by atoms with Crippen molar-refractivity contribution < 1.29 is 18.5 Å². The summed E-state index contributed by atoms with van der Waals surface area (Å²) in [5, 5.41) is 2.49. The Morgan fingerprint density at radius 2 is 1.84 bits per heavy atom. The molecule has 1 saturated heterocycles. The van der Waals surface area contributed by atoms with E-state index in [1.807, 2.05) is 27.7 Å². The third-order valence-electron chi connectivity index (χ3n) is 4.58. The van der Waals surface area contributed by atoms with Gasteiger partial charge in [-0.2, -0.15) is 0 Å². The predicted octanol–water partition coefficient (Wildman–Crippen LogP) is 2.17. The lowest BCUT2D eigenvalue weighted by Gasteiger charge is -2.32. The van der Waals surface area contributed by atoms with Gasteiger partial charge < -0.3 is 14.6 Å². The van der Waals surface area contributed by atoms with Crippen LogP contribution in [0, 0.1) is 5.82 Å². The Balaban J connectivity index is 1.77. The molecular formula is C17H19BFN3O3. The molecule has 8 heteroatoms. The highest BCUT2D eigenvalue weighted by Crippen LogP contribution is 2.36. The van der Waals surface area contributed by atoms with Crippen molar-refractivity contribution in [3.8, 4) is 0 Å². The van der Waals surface area contributed by atoms with Gasteiger partial charge in [-0.15, -0.1) is 0 Å². The standard InChI is InChI=1S/C17H19BFN3O3/c1-16(2)17(3,4)25-18(24-16)11-5-6-13(12(19)9-11)22-15(23)14-7-8-20-10-21-14/h5-10H,1-4H3,(H,22,23). The first-order valence-electron chi connectivity index (χ1n) is 7.92. The average Bonchev–Trinajstić information content (AvgIpc) is 2.78. The highest BCUT2D eigenvalue weighted by molar-refractivity contribution is 6.62. The molecule has 2 heterocycles. The third kappa shape index (κ3) is 3.40. The van der Waals surface area contributed by atoms with Crippen molar-refractivity contribution in [2.45, 2.75) is 38.9 Å². The highest BCUT2D eigenvalue weighted by atomic mass is 19.1. The first-order chi connectivity index (χ1) is 11.7. The van der Waals surface area contributed by atoms with Crippen molar-refractivity contribution >= 4 is 24.2 Å². The summed E-state index contributed by atoms with van der Waals surface area (Å²) in [4.78, 5) is 19.6. The van der Waals surface area contributed by atoms with Crippen molar-refractivity contribution in [3.05, 3.63) is 48.3 Å². The minimum Gasteiger partial charge on any atom is -0.399 e. The summed E-state index contributed by atoms with van der Waals surface area (Å²) in [5.74, 6) is -1.08. The van der Waals surface area contributed by atoms with E-state index in [4.69, 9.17) is 9.31 Å². The van der Waals surface area contributed by atoms with Crippen LogP contribution in [0.4, 0.5) is 10.1 Å². The lowest BCUT2D eigenvalue weighted by Crippen LogP contribution is -2.41. The molecule has 25 heavy (non-hydrogen) atoms. The van der Waals surface area contributed by atoms with Gasteiger partial charge in [0, 0.05) is 6.20 Å². The van der Waals surface area contributed by atoms with Crippen LogP contribution < -0.4 is 10.8 Å². The van der Waals surface area contributed by atoms with Gasteiger partial charge in [-0.3, -0.25) is 4.79 Å². The Bertz CT molecular complexity index is 783. The molecule has 1 fully saturated rings. The Morgan fingerprint density at radius 3 is 2.40 bits per heavy atom. The lowest BCUT2D eigenvalue weighted by molar-refractivity contribution is 0.00578. The SMILES string of the molecule is CC1(C)OB(c2ccc(NC(=O)c3ccncn3)c(F)c2)OC1(C)C. The number of amides is 1. The zero-order valence-corrected chi connectivity index (χ0v) is 14.5. The summed E-state index contributed by atoms with van der Waals surface area (Å²) in [6.45, 7) is 7.72. The number of rotatable bonds is 3. The van der Waals surface area contributed by atoms with Crippen LogP contribution in [0.25, 0.3) is 0 Å². The van der Waals surface area contributed by atoms with E-state index in [9.17, 15) is 9.18 Å². The molecule has 1 aromatic carbocycles. The van der Waals surface area contributed by atoms with Gasteiger partial charge in [-0.05, 0) is 51.4 Å². The molecule has 1 aliphatic heterocycles. The monoisotopic (exact) mass is 343 g/mol. The van der Waals surface area contributed by atoms with E-state index < -0.39 is 30.0 Å². The Kier molecular flexibility index (Phi) is 4.34. The second-order valence-corrected chi connectivity index (χ2v) is 6.88. The van der Waals surface area contributed by atoms with Crippen molar-refractivity contribution in [1.82, 2.24) is 9.97 Å². The van der Waals surface area contributed by atoms with Gasteiger partial charge in [0.25, 0.3) is 5.91 Å². The smallest absolute Gasteiger partial charge is 0.399 e. The van der Waals surface area contributed by atoms with Gasteiger partial charge in [0.15, 0.2) is 0 Å². The molecule has 3 rings (SSSR count). The zero-order valence-electron chi connectivity index (χ0n) is 14.5. The molecular weight excluding hydrogens is 324 g/mol. The molecule has 0 spiro atoms. The maximum atomic E-state index is 14.4. The van der Waals surface area contributed by atoms with E-state index in [2.05, 4.69) is 15.3 Å². The van der Waals surface area contributed by atoms with Crippen molar-refractivity contribution in [2.75, 3.05) is 5.32 Å². The van der Waals surface area contributed by atoms with Gasteiger partial charge in [-0.25, -0.2) is 14.4 Å². The summed E-state index contributed by atoms with van der Waals surface area (Å²) in [6.07, 6.45) is 2.70. The molecule has 0 aliphatic carbocycles. The largest absolute Gasteiger partial charge is 0.494 e. The fourth-order valence-electron chi connectivity index (χ4n) is 2.37. The van der Waals surface area contributed by atoms with Crippen LogP contribution in [0.15, 0.2) is 36.8 Å². The fourth-order valence-corrected chi connectivity index (χ4v) is 2.37. The lowest BCUT2D eigenvalue weighted by atomic mass is 9.79. The molecule has 0 bridgehead atoms. The number of halogens is 1. The molecule has 1 aliphatic rings. The number of carbonyl (C=O) groups is 1. The molecule has 6 nitrogen and oxygen atoms in total. The van der Waals surface area contributed by atoms with Crippen LogP contribution in [-0.4, -0.2) is 34.2 Å². The maximum absolute atomic E-state index is 14.4. The Hall–Kier alpha value is -2.32. The summed E-state index contributed by atoms with van der Waals surface area (Å²) in [6, 6.07) is 5.90. The van der Waals surface area contributed by atoms with Crippen LogP contribution in [0.5, 0.6) is 0 Å². The van der Waals surface area contributed by atoms with E-state index >= 15 is 0 Å². The molecule has 2 aromatic rings. The fraction of sp³-hybridized carbons (Fsp3) is 0.353. The van der Waals surface area contributed by atoms with Gasteiger partial charge in [0.05, 0.1) is 16.9 Å². The van der Waals surface area contributed by atoms with Gasteiger partial charge in [0.2, 0.25) is 0 Å². The van der Waals surface area contributed by atoms with Crippen LogP contribution >= 0.6 is 0 Å². The number of hydrogen-bond donors (Lipinski definition) is 1. The van der Waals surface area contributed by atoms with Gasteiger partial charge in [0.1, 0.15) is 17.8 Å². The summed E-state index contributed by atoms with van der Waals surface area (Å²) in [7, 11) is -0.661. The first kappa shape index (κ1) is 17.5. The van der Waals surface area contributed by atoms with Crippen LogP contribution in [0.3, 0.4) is 0 Å². The van der Waals surface area contributed by atoms with Gasteiger partial charge >= 0.3 is 7.12 Å². The Labute approximate surface area is 145 Å². The first-order valence-corrected chi connectivity index (χ1v) is 7.92. The van der Waals surface area contributed by atoms with E-state index in [1.165, 1.54) is 30.7 Å². The second-order valence-electron chi connectivity index (χ2n) is 6.88. The second kappa shape index (κ2) is 6.20. The van der Waals surface area contributed by atoms with Crippen LogP contribution in [0.1, 0.15) is 38.2 Å². The number of nitrogens with zero attached hydrogens (tertiary/aromatic N) is 2. The number of carbonyl (C=O) groups excluding carboxylic acids is 1. The highest BCUT2D eigenvalue weighted by Gasteiger charge is 2.51. The number of aromatic nitrogens is 2. The third-order valence-corrected chi connectivity index (χ3v) is 4.58.